The highest BCUT2D eigenvalue weighted by atomic mass is 19.1. The number of alkyl halides is 1. The number of hydrogen-bond acceptors (Lipinski definition) is 2. The molecule has 0 radical (unpaired) electrons. The zero-order chi connectivity index (χ0) is 12.5. The maximum atomic E-state index is 14.1. The fourth-order valence-electron chi connectivity index (χ4n) is 2.64. The predicted octanol–water partition coefficient (Wildman–Crippen LogP) is 2.87. The van der Waals surface area contributed by atoms with E-state index in [1.54, 1.807) is 23.1 Å². The van der Waals surface area contributed by atoms with E-state index >= 15 is 0 Å². The molecular weight excluding hydrogens is 236 g/mol. The minimum atomic E-state index is -0.912. The molecule has 94 valence electrons. The standard InChI is InChI=1S/C13H13F2N3/c14-10-3-1-9(2-4-10)12-5-11(6-13(12)15)18-8-16-7-17-18/h1-4,7-8,11-13H,5-6H2/t11-,12-,13+/m0/s1. The maximum Gasteiger partial charge on any atom is 0.137 e. The highest BCUT2D eigenvalue weighted by Gasteiger charge is 2.36. The zero-order valence-corrected chi connectivity index (χ0v) is 9.71. The summed E-state index contributed by atoms with van der Waals surface area (Å²) in [6, 6.07) is 6.13. The van der Waals surface area contributed by atoms with Gasteiger partial charge in [0.1, 0.15) is 24.6 Å². The van der Waals surface area contributed by atoms with Crippen LogP contribution in [0, 0.1) is 5.82 Å². The summed E-state index contributed by atoms with van der Waals surface area (Å²) in [5.74, 6) is -0.472. The van der Waals surface area contributed by atoms with Crippen LogP contribution in [-0.2, 0) is 0 Å². The second-order valence-electron chi connectivity index (χ2n) is 4.67. The molecule has 3 rings (SSSR count). The summed E-state index contributed by atoms with van der Waals surface area (Å²) in [6.07, 6.45) is 3.27. The third-order valence-corrected chi connectivity index (χ3v) is 3.57. The Labute approximate surface area is 103 Å². The Morgan fingerprint density at radius 1 is 1.17 bits per heavy atom. The van der Waals surface area contributed by atoms with Crippen molar-refractivity contribution in [1.82, 2.24) is 14.8 Å². The van der Waals surface area contributed by atoms with E-state index in [2.05, 4.69) is 10.1 Å². The van der Waals surface area contributed by atoms with Crippen molar-refractivity contribution < 1.29 is 8.78 Å². The number of rotatable bonds is 2. The van der Waals surface area contributed by atoms with Gasteiger partial charge in [-0.3, -0.25) is 0 Å². The third-order valence-electron chi connectivity index (χ3n) is 3.57. The van der Waals surface area contributed by atoms with E-state index in [1.807, 2.05) is 0 Å². The van der Waals surface area contributed by atoms with Gasteiger partial charge in [0.25, 0.3) is 0 Å². The van der Waals surface area contributed by atoms with Gasteiger partial charge in [-0.25, -0.2) is 18.4 Å². The molecule has 1 aromatic heterocycles. The molecule has 1 aliphatic rings. The molecule has 1 saturated carbocycles. The van der Waals surface area contributed by atoms with E-state index in [0.717, 1.165) is 5.56 Å². The van der Waals surface area contributed by atoms with Crippen LogP contribution in [0.25, 0.3) is 0 Å². The normalized spacial score (nSPS) is 27.6. The lowest BCUT2D eigenvalue weighted by Crippen LogP contribution is -2.05. The van der Waals surface area contributed by atoms with E-state index in [-0.39, 0.29) is 17.8 Å². The van der Waals surface area contributed by atoms with E-state index in [1.165, 1.54) is 18.5 Å². The quantitative estimate of drug-likeness (QED) is 0.819. The van der Waals surface area contributed by atoms with Gasteiger partial charge in [0.05, 0.1) is 6.04 Å². The molecule has 0 N–H and O–H groups in total. The Morgan fingerprint density at radius 3 is 2.61 bits per heavy atom. The molecule has 1 fully saturated rings. The van der Waals surface area contributed by atoms with Crippen LogP contribution in [0.3, 0.4) is 0 Å². The number of nitrogens with zero attached hydrogens (tertiary/aromatic N) is 3. The Hall–Kier alpha value is -1.78. The summed E-state index contributed by atoms with van der Waals surface area (Å²) in [5.41, 5.74) is 0.853. The number of aromatic nitrogens is 3. The van der Waals surface area contributed by atoms with Crippen LogP contribution in [0.2, 0.25) is 0 Å². The lowest BCUT2D eigenvalue weighted by atomic mass is 9.96. The van der Waals surface area contributed by atoms with Crippen molar-refractivity contribution in [3.8, 4) is 0 Å². The summed E-state index contributed by atoms with van der Waals surface area (Å²) >= 11 is 0. The second kappa shape index (κ2) is 4.48. The Bertz CT molecular complexity index is 510. The molecule has 0 bridgehead atoms. The Morgan fingerprint density at radius 2 is 1.94 bits per heavy atom. The van der Waals surface area contributed by atoms with E-state index in [4.69, 9.17) is 0 Å². The molecule has 18 heavy (non-hydrogen) atoms. The molecule has 2 aromatic rings. The average molecular weight is 249 g/mol. The molecule has 0 unspecified atom stereocenters. The van der Waals surface area contributed by atoms with Crippen LogP contribution in [0.5, 0.6) is 0 Å². The first-order valence-corrected chi connectivity index (χ1v) is 5.97. The summed E-state index contributed by atoms with van der Waals surface area (Å²) in [7, 11) is 0. The van der Waals surface area contributed by atoms with Crippen LogP contribution in [-0.4, -0.2) is 20.9 Å². The molecule has 3 atom stereocenters. The van der Waals surface area contributed by atoms with Crippen LogP contribution in [0.15, 0.2) is 36.9 Å². The maximum absolute atomic E-state index is 14.1. The van der Waals surface area contributed by atoms with Crippen molar-refractivity contribution in [2.24, 2.45) is 0 Å². The molecule has 0 amide bonds. The van der Waals surface area contributed by atoms with E-state index in [0.29, 0.717) is 12.8 Å². The molecule has 0 spiro atoms. The highest BCUT2D eigenvalue weighted by Crippen LogP contribution is 2.42. The highest BCUT2D eigenvalue weighted by molar-refractivity contribution is 5.23. The second-order valence-corrected chi connectivity index (χ2v) is 4.67. The third kappa shape index (κ3) is 2.00. The van der Waals surface area contributed by atoms with Crippen molar-refractivity contribution in [3.05, 3.63) is 48.3 Å². The van der Waals surface area contributed by atoms with Crippen molar-refractivity contribution in [1.29, 1.82) is 0 Å². The predicted molar refractivity (Wildman–Crippen MR) is 62.3 cm³/mol. The van der Waals surface area contributed by atoms with Crippen molar-refractivity contribution >= 4 is 0 Å². The van der Waals surface area contributed by atoms with E-state index < -0.39 is 6.17 Å². The summed E-state index contributed by atoms with van der Waals surface area (Å²) in [5, 5.41) is 4.05. The van der Waals surface area contributed by atoms with Gasteiger partial charge >= 0.3 is 0 Å². The lowest BCUT2D eigenvalue weighted by molar-refractivity contribution is 0.304. The van der Waals surface area contributed by atoms with Gasteiger partial charge < -0.3 is 0 Å². The lowest BCUT2D eigenvalue weighted by Gasteiger charge is -2.12. The molecular formula is C13H13F2N3. The molecule has 0 saturated heterocycles. The Balaban J connectivity index is 1.80. The van der Waals surface area contributed by atoms with Gasteiger partial charge in [-0.2, -0.15) is 5.10 Å². The van der Waals surface area contributed by atoms with Gasteiger partial charge in [-0.1, -0.05) is 12.1 Å². The fourth-order valence-corrected chi connectivity index (χ4v) is 2.64. The van der Waals surface area contributed by atoms with Crippen LogP contribution < -0.4 is 0 Å². The van der Waals surface area contributed by atoms with E-state index in [9.17, 15) is 8.78 Å². The van der Waals surface area contributed by atoms with Crippen molar-refractivity contribution in [2.45, 2.75) is 31.0 Å². The van der Waals surface area contributed by atoms with Gasteiger partial charge in [0, 0.05) is 12.3 Å². The monoisotopic (exact) mass is 249 g/mol. The first kappa shape index (κ1) is 11.3. The number of hydrogen-bond donors (Lipinski definition) is 0. The van der Waals surface area contributed by atoms with Gasteiger partial charge in [-0.05, 0) is 24.1 Å². The Kier molecular flexibility index (Phi) is 2.81. The SMILES string of the molecule is Fc1ccc([C@@H]2C[C@H](n3cncn3)C[C@H]2F)cc1. The minimum Gasteiger partial charge on any atom is -0.250 e. The van der Waals surface area contributed by atoms with Crippen LogP contribution in [0.4, 0.5) is 8.78 Å². The first-order valence-electron chi connectivity index (χ1n) is 5.97. The topological polar surface area (TPSA) is 30.7 Å². The average Bonchev–Trinajstić information content (AvgIpc) is 2.99. The molecule has 1 heterocycles. The number of halogens is 2. The van der Waals surface area contributed by atoms with Crippen molar-refractivity contribution in [2.75, 3.05) is 0 Å². The fraction of sp³-hybridized carbons (Fsp3) is 0.385. The molecule has 1 aromatic carbocycles. The molecule has 3 nitrogen and oxygen atoms in total. The zero-order valence-electron chi connectivity index (χ0n) is 9.71. The number of benzene rings is 1. The molecule has 0 aliphatic heterocycles. The summed E-state index contributed by atoms with van der Waals surface area (Å²) in [6.45, 7) is 0. The van der Waals surface area contributed by atoms with Crippen LogP contribution >= 0.6 is 0 Å². The largest absolute Gasteiger partial charge is 0.250 e. The minimum absolute atomic E-state index is 0.0394. The van der Waals surface area contributed by atoms with Crippen molar-refractivity contribution in [3.63, 3.8) is 0 Å². The van der Waals surface area contributed by atoms with Crippen LogP contribution in [0.1, 0.15) is 30.4 Å². The first-order chi connectivity index (χ1) is 8.74. The molecule has 5 heteroatoms. The van der Waals surface area contributed by atoms with Gasteiger partial charge in [-0.15, -0.1) is 0 Å². The smallest absolute Gasteiger partial charge is 0.137 e. The van der Waals surface area contributed by atoms with Gasteiger partial charge in [0.15, 0.2) is 0 Å². The van der Waals surface area contributed by atoms with Gasteiger partial charge in [0.2, 0.25) is 0 Å². The summed E-state index contributed by atoms with van der Waals surface area (Å²) in [4.78, 5) is 3.88. The summed E-state index contributed by atoms with van der Waals surface area (Å²) < 4.78 is 28.6. The molecule has 1 aliphatic carbocycles.